The number of carbonyl (C=O) groups excluding carboxylic acids is 2. The van der Waals surface area contributed by atoms with Gasteiger partial charge in [0.2, 0.25) is 11.8 Å². The smallest absolute Gasteiger partial charge is 0.264 e. The lowest BCUT2D eigenvalue weighted by Gasteiger charge is -2.33. The van der Waals surface area contributed by atoms with Crippen LogP contribution in [0.3, 0.4) is 0 Å². The minimum atomic E-state index is -4.19. The second-order valence-electron chi connectivity index (χ2n) is 10.2. The highest BCUT2D eigenvalue weighted by Gasteiger charge is 2.34. The van der Waals surface area contributed by atoms with Crippen LogP contribution in [0.2, 0.25) is 5.02 Å². The van der Waals surface area contributed by atoms with Gasteiger partial charge in [-0.1, -0.05) is 67.8 Å². The Bertz CT molecular complexity index is 1480. The molecule has 3 rings (SSSR count). The number of anilines is 1. The van der Waals surface area contributed by atoms with Gasteiger partial charge in [0.1, 0.15) is 18.3 Å². The van der Waals surface area contributed by atoms with Crippen LogP contribution in [0.25, 0.3) is 0 Å². The van der Waals surface area contributed by atoms with E-state index in [1.54, 1.807) is 50.4 Å². The summed E-state index contributed by atoms with van der Waals surface area (Å²) in [7, 11) is -2.63. The third-order valence-corrected chi connectivity index (χ3v) is 9.04. The highest BCUT2D eigenvalue weighted by molar-refractivity contribution is 7.92. The molecule has 0 heterocycles. The van der Waals surface area contributed by atoms with E-state index in [4.69, 9.17) is 16.3 Å². The molecule has 3 aromatic rings. The average Bonchev–Trinajstić information content (AvgIpc) is 2.97. The minimum absolute atomic E-state index is 0.0453. The highest BCUT2D eigenvalue weighted by Crippen LogP contribution is 2.30. The first-order chi connectivity index (χ1) is 20.0. The van der Waals surface area contributed by atoms with E-state index in [9.17, 15) is 18.0 Å². The van der Waals surface area contributed by atoms with Crippen LogP contribution in [0.1, 0.15) is 49.8 Å². The zero-order chi connectivity index (χ0) is 30.9. The van der Waals surface area contributed by atoms with Gasteiger partial charge in [0.25, 0.3) is 10.0 Å². The van der Waals surface area contributed by atoms with Crippen molar-refractivity contribution in [2.24, 2.45) is 0 Å². The molecule has 3 aromatic carbocycles. The van der Waals surface area contributed by atoms with Crippen molar-refractivity contribution in [2.75, 3.05) is 24.5 Å². The first-order valence-electron chi connectivity index (χ1n) is 14.1. The Hall–Kier alpha value is -3.56. The summed E-state index contributed by atoms with van der Waals surface area (Å²) in [6.45, 7) is 7.54. The molecule has 0 aliphatic rings. The van der Waals surface area contributed by atoms with Gasteiger partial charge >= 0.3 is 0 Å². The van der Waals surface area contributed by atoms with E-state index >= 15 is 0 Å². The Morgan fingerprint density at radius 2 is 1.71 bits per heavy atom. The summed E-state index contributed by atoms with van der Waals surface area (Å²) in [5.41, 5.74) is 2.57. The van der Waals surface area contributed by atoms with Gasteiger partial charge in [-0.2, -0.15) is 0 Å². The monoisotopic (exact) mass is 613 g/mol. The van der Waals surface area contributed by atoms with Crippen LogP contribution in [0.4, 0.5) is 5.69 Å². The Balaban J connectivity index is 2.09. The lowest BCUT2D eigenvalue weighted by atomic mass is 10.1. The number of nitrogens with zero attached hydrogens (tertiary/aromatic N) is 2. The van der Waals surface area contributed by atoms with Crippen molar-refractivity contribution in [1.29, 1.82) is 0 Å². The molecule has 0 aromatic heterocycles. The number of nitrogens with one attached hydrogen (secondary N) is 1. The van der Waals surface area contributed by atoms with E-state index in [2.05, 4.69) is 5.32 Å². The first kappa shape index (κ1) is 32.9. The zero-order valence-corrected chi connectivity index (χ0v) is 26.5. The topological polar surface area (TPSA) is 96.0 Å². The maximum Gasteiger partial charge on any atom is 0.264 e. The number of benzene rings is 3. The van der Waals surface area contributed by atoms with Crippen LogP contribution in [0.5, 0.6) is 5.75 Å². The number of hydrogen-bond acceptors (Lipinski definition) is 5. The fourth-order valence-corrected chi connectivity index (χ4v) is 6.23. The van der Waals surface area contributed by atoms with Gasteiger partial charge in [-0.15, -0.1) is 0 Å². The second kappa shape index (κ2) is 15.1. The third kappa shape index (κ3) is 8.26. The van der Waals surface area contributed by atoms with Crippen LogP contribution in [0, 0.1) is 13.8 Å². The molecule has 0 unspecified atom stereocenters. The predicted molar refractivity (Wildman–Crippen MR) is 167 cm³/mol. The fraction of sp³-hybridized carbons (Fsp3) is 0.375. The number of hydrogen-bond donors (Lipinski definition) is 1. The van der Waals surface area contributed by atoms with Gasteiger partial charge in [0, 0.05) is 18.1 Å². The summed E-state index contributed by atoms with van der Waals surface area (Å²) < 4.78 is 34.6. The number of sulfonamides is 1. The van der Waals surface area contributed by atoms with Crippen molar-refractivity contribution in [3.05, 3.63) is 88.4 Å². The lowest BCUT2D eigenvalue weighted by Crippen LogP contribution is -2.52. The Kier molecular flexibility index (Phi) is 11.8. The van der Waals surface area contributed by atoms with Gasteiger partial charge < -0.3 is 15.0 Å². The van der Waals surface area contributed by atoms with Crippen molar-refractivity contribution in [3.63, 3.8) is 0 Å². The highest BCUT2D eigenvalue weighted by atomic mass is 35.5. The molecule has 1 atom stereocenters. The number of unbranched alkanes of at least 4 members (excludes halogenated alkanes) is 1. The number of ether oxygens (including phenoxy) is 1. The van der Waals surface area contributed by atoms with Crippen molar-refractivity contribution in [3.8, 4) is 5.75 Å². The Labute approximate surface area is 254 Å². The van der Waals surface area contributed by atoms with E-state index in [1.807, 2.05) is 32.9 Å². The number of methoxy groups -OCH3 is 1. The summed E-state index contributed by atoms with van der Waals surface area (Å²) in [4.78, 5) is 29.1. The van der Waals surface area contributed by atoms with Gasteiger partial charge in [-0.3, -0.25) is 13.9 Å². The molecule has 8 nitrogen and oxygen atoms in total. The summed E-state index contributed by atoms with van der Waals surface area (Å²) in [5.74, 6) is -0.196. The molecule has 0 saturated heterocycles. The standard InChI is InChI=1S/C32H40ClN3O5S/c1-6-8-18-34-32(38)29(7-2)35(21-25-10-9-11-27(19-25)41-5)31(37)22-36(30-20-26(33)15-14-24(30)4)42(39,40)28-16-12-23(3)13-17-28/h9-17,19-20,29H,6-8,18,21-22H2,1-5H3,(H,34,38)/t29-/m0/s1. The van der Waals surface area contributed by atoms with E-state index < -0.39 is 28.5 Å². The van der Waals surface area contributed by atoms with Gasteiger partial charge in [0.05, 0.1) is 17.7 Å². The van der Waals surface area contributed by atoms with Crippen molar-refractivity contribution in [1.82, 2.24) is 10.2 Å². The number of halogens is 1. The van der Waals surface area contributed by atoms with Crippen molar-refractivity contribution < 1.29 is 22.7 Å². The summed E-state index contributed by atoms with van der Waals surface area (Å²) in [6.07, 6.45) is 2.06. The average molecular weight is 614 g/mol. The first-order valence-corrected chi connectivity index (χ1v) is 15.9. The number of carbonyl (C=O) groups is 2. The second-order valence-corrected chi connectivity index (χ2v) is 12.5. The van der Waals surface area contributed by atoms with Crippen LogP contribution in [0.15, 0.2) is 71.6 Å². The molecule has 0 fully saturated rings. The zero-order valence-electron chi connectivity index (χ0n) is 24.9. The molecule has 10 heteroatoms. The maximum absolute atomic E-state index is 14.2. The van der Waals surface area contributed by atoms with Crippen LogP contribution < -0.4 is 14.4 Å². The molecule has 226 valence electrons. The normalized spacial score (nSPS) is 12.0. The maximum atomic E-state index is 14.2. The van der Waals surface area contributed by atoms with Crippen molar-refractivity contribution >= 4 is 39.1 Å². The quantitative estimate of drug-likeness (QED) is 0.229. The largest absolute Gasteiger partial charge is 0.497 e. The summed E-state index contributed by atoms with van der Waals surface area (Å²) in [5, 5.41) is 3.27. The number of aryl methyl sites for hydroxylation is 2. The van der Waals surface area contributed by atoms with E-state index in [1.165, 1.54) is 23.1 Å². The van der Waals surface area contributed by atoms with Crippen LogP contribution >= 0.6 is 11.6 Å². The van der Waals surface area contributed by atoms with Gasteiger partial charge in [-0.25, -0.2) is 8.42 Å². The van der Waals surface area contributed by atoms with E-state index in [-0.39, 0.29) is 17.3 Å². The SMILES string of the molecule is CCCCNC(=O)[C@H](CC)N(Cc1cccc(OC)c1)C(=O)CN(c1cc(Cl)ccc1C)S(=O)(=O)c1ccc(C)cc1. The third-order valence-electron chi connectivity index (χ3n) is 7.03. The van der Waals surface area contributed by atoms with Gasteiger partial charge in [-0.05, 0) is 74.2 Å². The Morgan fingerprint density at radius 3 is 2.36 bits per heavy atom. The number of rotatable bonds is 14. The van der Waals surface area contributed by atoms with Gasteiger partial charge in [0.15, 0.2) is 0 Å². The molecule has 0 bridgehead atoms. The summed E-state index contributed by atoms with van der Waals surface area (Å²) in [6, 6.07) is 17.8. The molecule has 0 radical (unpaired) electrons. The molecule has 42 heavy (non-hydrogen) atoms. The number of amides is 2. The molecule has 0 saturated carbocycles. The van der Waals surface area contributed by atoms with Crippen LogP contribution in [-0.4, -0.2) is 51.4 Å². The molecule has 1 N–H and O–H groups in total. The van der Waals surface area contributed by atoms with E-state index in [0.29, 0.717) is 35.0 Å². The van der Waals surface area contributed by atoms with Crippen LogP contribution in [-0.2, 0) is 26.2 Å². The molecule has 0 aliphatic heterocycles. The summed E-state index contributed by atoms with van der Waals surface area (Å²) >= 11 is 6.31. The lowest BCUT2D eigenvalue weighted by molar-refractivity contribution is -0.140. The van der Waals surface area contributed by atoms with E-state index in [0.717, 1.165) is 28.3 Å². The molecule has 0 spiro atoms. The van der Waals surface area contributed by atoms with Crippen molar-refractivity contribution in [2.45, 2.75) is 64.4 Å². The molecule has 0 aliphatic carbocycles. The Morgan fingerprint density at radius 1 is 1.00 bits per heavy atom. The molecular formula is C32H40ClN3O5S. The minimum Gasteiger partial charge on any atom is -0.497 e. The fourth-order valence-electron chi connectivity index (χ4n) is 4.60. The molecule has 2 amide bonds. The predicted octanol–water partition coefficient (Wildman–Crippen LogP) is 5.88. The molecular weight excluding hydrogens is 574 g/mol.